The van der Waals surface area contributed by atoms with Gasteiger partial charge in [-0.25, -0.2) is 0 Å². The third kappa shape index (κ3) is 2.39. The summed E-state index contributed by atoms with van der Waals surface area (Å²) in [6, 6.07) is 6.13. The number of ether oxygens (including phenoxy) is 2. The van der Waals surface area contributed by atoms with E-state index in [9.17, 15) is 0 Å². The molecule has 0 spiro atoms. The van der Waals surface area contributed by atoms with Crippen molar-refractivity contribution >= 4 is 0 Å². The summed E-state index contributed by atoms with van der Waals surface area (Å²) in [5.41, 5.74) is 7.32. The van der Waals surface area contributed by atoms with Gasteiger partial charge in [0.2, 0.25) is 0 Å². The number of likely N-dealkylation sites (N-methyl/N-ethyl adjacent to an activating group) is 1. The standard InChI is InChI=1S/C16H25N3O2/c1-18-7-9-19(10-8-18)16(12-17)6-11-21-15-13(16)4-3-5-14(15)20-2/h3-5H,6-12,17H2,1-2H3. The largest absolute Gasteiger partial charge is 0.493 e. The summed E-state index contributed by atoms with van der Waals surface area (Å²) in [6.45, 7) is 5.57. The lowest BCUT2D eigenvalue weighted by molar-refractivity contribution is 0.0131. The first kappa shape index (κ1) is 14.6. The second-order valence-electron chi connectivity index (χ2n) is 5.96. The van der Waals surface area contributed by atoms with Crippen molar-refractivity contribution in [1.29, 1.82) is 0 Å². The summed E-state index contributed by atoms with van der Waals surface area (Å²) < 4.78 is 11.4. The lowest BCUT2D eigenvalue weighted by Gasteiger charge is -2.49. The van der Waals surface area contributed by atoms with Crippen LogP contribution in [0.4, 0.5) is 0 Å². The van der Waals surface area contributed by atoms with Gasteiger partial charge in [0, 0.05) is 44.7 Å². The predicted octanol–water partition coefficient (Wildman–Crippen LogP) is 0.879. The van der Waals surface area contributed by atoms with Gasteiger partial charge in [-0.2, -0.15) is 0 Å². The molecule has 0 amide bonds. The second-order valence-corrected chi connectivity index (χ2v) is 5.96. The number of fused-ring (bicyclic) bond motifs is 1. The molecule has 0 radical (unpaired) electrons. The molecule has 3 rings (SSSR count). The van der Waals surface area contributed by atoms with Crippen molar-refractivity contribution in [3.05, 3.63) is 23.8 Å². The highest BCUT2D eigenvalue weighted by atomic mass is 16.5. The maximum Gasteiger partial charge on any atom is 0.166 e. The minimum atomic E-state index is -0.122. The Morgan fingerprint density at radius 1 is 1.29 bits per heavy atom. The molecule has 1 unspecified atom stereocenters. The zero-order valence-corrected chi connectivity index (χ0v) is 13.0. The first-order valence-electron chi connectivity index (χ1n) is 7.65. The summed E-state index contributed by atoms with van der Waals surface area (Å²) in [6.07, 6.45) is 0.938. The average molecular weight is 291 g/mol. The van der Waals surface area contributed by atoms with Gasteiger partial charge >= 0.3 is 0 Å². The molecule has 1 saturated heterocycles. The van der Waals surface area contributed by atoms with Gasteiger partial charge in [0.05, 0.1) is 19.3 Å². The fourth-order valence-corrected chi connectivity index (χ4v) is 3.55. The van der Waals surface area contributed by atoms with Crippen LogP contribution < -0.4 is 15.2 Å². The van der Waals surface area contributed by atoms with Crippen molar-refractivity contribution in [2.45, 2.75) is 12.0 Å². The predicted molar refractivity (Wildman–Crippen MR) is 82.9 cm³/mol. The van der Waals surface area contributed by atoms with Crippen LogP contribution in [0.3, 0.4) is 0 Å². The van der Waals surface area contributed by atoms with Crippen LogP contribution >= 0.6 is 0 Å². The molecule has 1 fully saturated rings. The summed E-state index contributed by atoms with van der Waals surface area (Å²) in [5, 5.41) is 0. The summed E-state index contributed by atoms with van der Waals surface area (Å²) >= 11 is 0. The van der Waals surface area contributed by atoms with Crippen molar-refractivity contribution in [3.8, 4) is 11.5 Å². The van der Waals surface area contributed by atoms with Crippen molar-refractivity contribution in [2.75, 3.05) is 53.5 Å². The first-order chi connectivity index (χ1) is 10.2. The monoisotopic (exact) mass is 291 g/mol. The average Bonchev–Trinajstić information content (AvgIpc) is 2.54. The molecule has 2 aliphatic rings. The van der Waals surface area contributed by atoms with Crippen LogP contribution in [0.25, 0.3) is 0 Å². The van der Waals surface area contributed by atoms with Crippen molar-refractivity contribution < 1.29 is 9.47 Å². The van der Waals surface area contributed by atoms with Gasteiger partial charge in [0.1, 0.15) is 0 Å². The van der Waals surface area contributed by atoms with E-state index < -0.39 is 0 Å². The number of nitrogens with zero attached hydrogens (tertiary/aromatic N) is 2. The summed E-state index contributed by atoms with van der Waals surface area (Å²) in [7, 11) is 3.86. The molecule has 2 aliphatic heterocycles. The Hall–Kier alpha value is -1.30. The molecule has 0 bridgehead atoms. The smallest absolute Gasteiger partial charge is 0.166 e. The third-order valence-electron chi connectivity index (χ3n) is 4.91. The number of benzene rings is 1. The van der Waals surface area contributed by atoms with E-state index in [0.29, 0.717) is 13.2 Å². The molecule has 116 valence electrons. The number of hydrogen-bond donors (Lipinski definition) is 1. The van der Waals surface area contributed by atoms with Gasteiger partial charge in [-0.15, -0.1) is 0 Å². The minimum absolute atomic E-state index is 0.122. The highest BCUT2D eigenvalue weighted by Crippen LogP contribution is 2.45. The zero-order chi connectivity index (χ0) is 14.9. The van der Waals surface area contributed by atoms with Crippen molar-refractivity contribution in [1.82, 2.24) is 9.80 Å². The Balaban J connectivity index is 2.01. The molecule has 0 saturated carbocycles. The molecule has 2 heterocycles. The van der Waals surface area contributed by atoms with Crippen LogP contribution in [-0.2, 0) is 5.54 Å². The normalized spacial score (nSPS) is 27.0. The van der Waals surface area contributed by atoms with Crippen LogP contribution in [0.1, 0.15) is 12.0 Å². The van der Waals surface area contributed by atoms with Crippen LogP contribution in [0.2, 0.25) is 0 Å². The molecule has 5 heteroatoms. The SMILES string of the molecule is COc1cccc2c1OCCC2(CN)N1CCN(C)CC1. The quantitative estimate of drug-likeness (QED) is 0.896. The fourth-order valence-electron chi connectivity index (χ4n) is 3.55. The molecule has 1 aromatic carbocycles. The highest BCUT2D eigenvalue weighted by molar-refractivity contribution is 5.51. The Morgan fingerprint density at radius 2 is 2.05 bits per heavy atom. The highest BCUT2D eigenvalue weighted by Gasteiger charge is 2.43. The van der Waals surface area contributed by atoms with E-state index in [1.54, 1.807) is 7.11 Å². The van der Waals surface area contributed by atoms with Gasteiger partial charge in [0.15, 0.2) is 11.5 Å². The summed E-state index contributed by atoms with van der Waals surface area (Å²) in [5.74, 6) is 1.68. The van der Waals surface area contributed by atoms with E-state index >= 15 is 0 Å². The molecule has 5 nitrogen and oxygen atoms in total. The van der Waals surface area contributed by atoms with Crippen LogP contribution in [0.5, 0.6) is 11.5 Å². The number of hydrogen-bond acceptors (Lipinski definition) is 5. The summed E-state index contributed by atoms with van der Waals surface area (Å²) in [4.78, 5) is 4.90. The number of methoxy groups -OCH3 is 1. The number of piperazine rings is 1. The van der Waals surface area contributed by atoms with Gasteiger partial charge in [-0.3, -0.25) is 4.90 Å². The van der Waals surface area contributed by atoms with E-state index in [4.69, 9.17) is 15.2 Å². The Kier molecular flexibility index (Phi) is 4.06. The Bertz CT molecular complexity index is 500. The van der Waals surface area contributed by atoms with Gasteiger partial charge in [0.25, 0.3) is 0 Å². The second kappa shape index (κ2) is 5.83. The molecule has 21 heavy (non-hydrogen) atoms. The maximum atomic E-state index is 6.26. The van der Waals surface area contributed by atoms with E-state index in [1.807, 2.05) is 12.1 Å². The van der Waals surface area contributed by atoms with Gasteiger partial charge in [-0.1, -0.05) is 12.1 Å². The van der Waals surface area contributed by atoms with Crippen LogP contribution in [-0.4, -0.2) is 63.3 Å². The van der Waals surface area contributed by atoms with Crippen molar-refractivity contribution in [3.63, 3.8) is 0 Å². The maximum absolute atomic E-state index is 6.26. The lowest BCUT2D eigenvalue weighted by atomic mass is 9.82. The fraction of sp³-hybridized carbons (Fsp3) is 0.625. The number of nitrogens with two attached hydrogens (primary N) is 1. The van der Waals surface area contributed by atoms with E-state index in [2.05, 4.69) is 22.9 Å². The Labute approximate surface area is 126 Å². The van der Waals surface area contributed by atoms with E-state index in [0.717, 1.165) is 44.1 Å². The minimum Gasteiger partial charge on any atom is -0.493 e. The number of rotatable bonds is 3. The first-order valence-corrected chi connectivity index (χ1v) is 7.65. The van der Waals surface area contributed by atoms with Crippen molar-refractivity contribution in [2.24, 2.45) is 5.73 Å². The van der Waals surface area contributed by atoms with Crippen LogP contribution in [0.15, 0.2) is 18.2 Å². The molecule has 1 aromatic rings. The van der Waals surface area contributed by atoms with Crippen LogP contribution in [0, 0.1) is 0 Å². The zero-order valence-electron chi connectivity index (χ0n) is 13.0. The molecule has 2 N–H and O–H groups in total. The third-order valence-corrected chi connectivity index (χ3v) is 4.91. The van der Waals surface area contributed by atoms with E-state index in [-0.39, 0.29) is 5.54 Å². The van der Waals surface area contributed by atoms with E-state index in [1.165, 1.54) is 5.56 Å². The molecular weight excluding hydrogens is 266 g/mol. The number of para-hydroxylation sites is 1. The molecular formula is C16H25N3O2. The molecule has 1 atom stereocenters. The molecule has 0 aromatic heterocycles. The lowest BCUT2D eigenvalue weighted by Crippen LogP contribution is -2.59. The van der Waals surface area contributed by atoms with Gasteiger partial charge < -0.3 is 20.1 Å². The van der Waals surface area contributed by atoms with Gasteiger partial charge in [-0.05, 0) is 13.1 Å². The Morgan fingerprint density at radius 3 is 2.71 bits per heavy atom. The topological polar surface area (TPSA) is 51.0 Å². The molecule has 0 aliphatic carbocycles.